The van der Waals surface area contributed by atoms with Crippen molar-refractivity contribution < 1.29 is 9.53 Å². The van der Waals surface area contributed by atoms with Gasteiger partial charge in [0.1, 0.15) is 5.78 Å². The van der Waals surface area contributed by atoms with Crippen LogP contribution < -0.4 is 0 Å². The summed E-state index contributed by atoms with van der Waals surface area (Å²) in [5.74, 6) is 7.12. The van der Waals surface area contributed by atoms with E-state index in [9.17, 15) is 4.79 Å². The first-order valence-corrected chi connectivity index (χ1v) is 6.85. The molecule has 2 heteroatoms. The van der Waals surface area contributed by atoms with E-state index in [1.807, 2.05) is 0 Å². The molecule has 1 atom stereocenters. The second-order valence-corrected chi connectivity index (χ2v) is 5.05. The molecule has 0 amide bonds. The minimum Gasteiger partial charge on any atom is -0.380 e. The summed E-state index contributed by atoms with van der Waals surface area (Å²) in [6.07, 6.45) is 4.16. The van der Waals surface area contributed by atoms with Crippen LogP contribution in [0.2, 0.25) is 0 Å². The van der Waals surface area contributed by atoms with Crippen molar-refractivity contribution in [2.45, 2.75) is 38.7 Å². The Morgan fingerprint density at radius 1 is 1.37 bits per heavy atom. The van der Waals surface area contributed by atoms with Gasteiger partial charge in [0.05, 0.1) is 6.61 Å². The fraction of sp³-hybridized carbons (Fsp3) is 0.471. The van der Waals surface area contributed by atoms with Gasteiger partial charge in [-0.25, -0.2) is 0 Å². The summed E-state index contributed by atoms with van der Waals surface area (Å²) in [5, 5.41) is 0. The third-order valence-electron chi connectivity index (χ3n) is 3.39. The summed E-state index contributed by atoms with van der Waals surface area (Å²) in [6.45, 7) is 0.656. The molecule has 2 rings (SSSR count). The van der Waals surface area contributed by atoms with Crippen molar-refractivity contribution in [3.05, 3.63) is 35.4 Å². The summed E-state index contributed by atoms with van der Waals surface area (Å²) < 4.78 is 5.13. The van der Waals surface area contributed by atoms with Crippen molar-refractivity contribution >= 4 is 5.78 Å². The van der Waals surface area contributed by atoms with Gasteiger partial charge >= 0.3 is 0 Å². The van der Waals surface area contributed by atoms with Crippen LogP contribution in [0.15, 0.2) is 24.3 Å². The van der Waals surface area contributed by atoms with Crippen LogP contribution in [-0.4, -0.2) is 12.9 Å². The number of ketones is 1. The quantitative estimate of drug-likeness (QED) is 0.774. The topological polar surface area (TPSA) is 26.3 Å². The number of rotatable bonds is 4. The van der Waals surface area contributed by atoms with Crippen LogP contribution in [0.3, 0.4) is 0 Å². The Morgan fingerprint density at radius 2 is 2.21 bits per heavy atom. The average molecular weight is 256 g/mol. The van der Waals surface area contributed by atoms with Crippen LogP contribution >= 0.6 is 0 Å². The molecule has 0 heterocycles. The van der Waals surface area contributed by atoms with Crippen LogP contribution in [0, 0.1) is 17.8 Å². The van der Waals surface area contributed by atoms with Crippen molar-refractivity contribution in [2.75, 3.05) is 7.11 Å². The molecule has 0 N–H and O–H groups in total. The van der Waals surface area contributed by atoms with Crippen molar-refractivity contribution in [3.8, 4) is 11.8 Å². The number of benzene rings is 1. The van der Waals surface area contributed by atoms with E-state index >= 15 is 0 Å². The molecule has 0 saturated heterocycles. The van der Waals surface area contributed by atoms with Crippen molar-refractivity contribution in [1.82, 2.24) is 0 Å². The maximum absolute atomic E-state index is 11.1. The number of Topliss-reactive ketones (excluding diaryl/α,β-unsaturated/α-hetero) is 1. The van der Waals surface area contributed by atoms with Crippen LogP contribution in [0.1, 0.15) is 36.8 Å². The van der Waals surface area contributed by atoms with Gasteiger partial charge in [-0.2, -0.15) is 0 Å². The number of hydrogen-bond acceptors (Lipinski definition) is 2. The van der Waals surface area contributed by atoms with Crippen molar-refractivity contribution in [2.24, 2.45) is 5.92 Å². The lowest BCUT2D eigenvalue weighted by molar-refractivity contribution is -0.117. The number of aryl methyl sites for hydroxylation is 1. The summed E-state index contributed by atoms with van der Waals surface area (Å²) in [7, 11) is 1.71. The maximum atomic E-state index is 11.1. The summed E-state index contributed by atoms with van der Waals surface area (Å²) in [5.41, 5.74) is 2.50. The molecule has 0 aromatic heterocycles. The number of hydrogen-bond donors (Lipinski definition) is 0. The molecule has 1 aromatic rings. The fourth-order valence-electron chi connectivity index (χ4n) is 2.40. The number of carbonyl (C=O) groups is 1. The van der Waals surface area contributed by atoms with Crippen molar-refractivity contribution in [1.29, 1.82) is 0 Å². The van der Waals surface area contributed by atoms with E-state index < -0.39 is 0 Å². The van der Waals surface area contributed by atoms with Crippen LogP contribution in [0.5, 0.6) is 0 Å². The van der Waals surface area contributed by atoms with Gasteiger partial charge in [-0.1, -0.05) is 30.2 Å². The van der Waals surface area contributed by atoms with E-state index in [1.54, 1.807) is 7.11 Å². The first kappa shape index (κ1) is 13.8. The van der Waals surface area contributed by atoms with Gasteiger partial charge in [-0.05, 0) is 24.0 Å². The smallest absolute Gasteiger partial charge is 0.134 e. The molecule has 0 bridgehead atoms. The van der Waals surface area contributed by atoms with Crippen LogP contribution in [0.25, 0.3) is 0 Å². The summed E-state index contributed by atoms with van der Waals surface area (Å²) in [6, 6.07) is 8.43. The third kappa shape index (κ3) is 4.54. The Morgan fingerprint density at radius 3 is 2.95 bits per heavy atom. The second kappa shape index (κ2) is 7.11. The predicted octanol–water partition coefficient (Wildman–Crippen LogP) is 3.14. The molecule has 1 aromatic carbocycles. The third-order valence-corrected chi connectivity index (χ3v) is 3.39. The molecule has 1 aliphatic rings. The predicted molar refractivity (Wildman–Crippen MR) is 75.6 cm³/mol. The lowest BCUT2D eigenvalue weighted by Crippen LogP contribution is -1.92. The average Bonchev–Trinajstić information content (AvgIpc) is 2.82. The lowest BCUT2D eigenvalue weighted by Gasteiger charge is -2.02. The monoisotopic (exact) mass is 256 g/mol. The van der Waals surface area contributed by atoms with E-state index in [2.05, 4.69) is 36.1 Å². The van der Waals surface area contributed by atoms with Gasteiger partial charge in [0, 0.05) is 32.3 Å². The molecule has 1 saturated carbocycles. The highest BCUT2D eigenvalue weighted by Gasteiger charge is 2.19. The fourth-order valence-corrected chi connectivity index (χ4v) is 2.40. The Balaban J connectivity index is 1.80. The van der Waals surface area contributed by atoms with E-state index in [4.69, 9.17) is 4.74 Å². The molecule has 1 fully saturated rings. The van der Waals surface area contributed by atoms with Crippen LogP contribution in [0.4, 0.5) is 0 Å². The van der Waals surface area contributed by atoms with Crippen molar-refractivity contribution in [3.63, 3.8) is 0 Å². The molecule has 19 heavy (non-hydrogen) atoms. The Labute approximate surface area is 115 Å². The van der Waals surface area contributed by atoms with Gasteiger partial charge in [0.15, 0.2) is 0 Å². The maximum Gasteiger partial charge on any atom is 0.134 e. The minimum absolute atomic E-state index is 0.312. The first-order chi connectivity index (χ1) is 9.28. The SMILES string of the molecule is COCc1cccc(CCC#CC2CCC(=O)C2)c1. The zero-order valence-electron chi connectivity index (χ0n) is 11.4. The van der Waals surface area contributed by atoms with Gasteiger partial charge in [-0.15, -0.1) is 5.92 Å². The van der Waals surface area contributed by atoms with E-state index in [0.717, 1.165) is 25.7 Å². The van der Waals surface area contributed by atoms with Gasteiger partial charge in [0.25, 0.3) is 0 Å². The first-order valence-electron chi connectivity index (χ1n) is 6.85. The Kier molecular flexibility index (Phi) is 5.18. The highest BCUT2D eigenvalue weighted by molar-refractivity contribution is 5.81. The van der Waals surface area contributed by atoms with E-state index in [-0.39, 0.29) is 0 Å². The largest absolute Gasteiger partial charge is 0.380 e. The molecular formula is C17H20O2. The second-order valence-electron chi connectivity index (χ2n) is 5.05. The highest BCUT2D eigenvalue weighted by Crippen LogP contribution is 2.20. The molecule has 0 spiro atoms. The standard InChI is InChI=1S/C17H20O2/c1-19-13-16-8-4-7-14(11-16)5-2-3-6-15-9-10-17(18)12-15/h4,7-8,11,15H,2,5,9-10,12-13H2,1H3. The van der Waals surface area contributed by atoms with E-state index in [0.29, 0.717) is 24.7 Å². The number of carbonyl (C=O) groups excluding carboxylic acids is 1. The molecule has 2 nitrogen and oxygen atoms in total. The minimum atomic E-state index is 0.312. The summed E-state index contributed by atoms with van der Waals surface area (Å²) in [4.78, 5) is 11.1. The number of methoxy groups -OCH3 is 1. The molecule has 1 unspecified atom stereocenters. The molecule has 100 valence electrons. The van der Waals surface area contributed by atoms with Gasteiger partial charge < -0.3 is 4.74 Å². The summed E-state index contributed by atoms with van der Waals surface area (Å²) >= 11 is 0. The number of ether oxygens (including phenoxy) is 1. The normalized spacial score (nSPS) is 18.2. The molecule has 0 aliphatic heterocycles. The zero-order chi connectivity index (χ0) is 13.5. The Bertz CT molecular complexity index is 493. The molecule has 0 radical (unpaired) electrons. The highest BCUT2D eigenvalue weighted by atomic mass is 16.5. The van der Waals surface area contributed by atoms with Gasteiger partial charge in [0.2, 0.25) is 0 Å². The Hall–Kier alpha value is -1.59. The molecule has 1 aliphatic carbocycles. The molecular weight excluding hydrogens is 236 g/mol. The zero-order valence-corrected chi connectivity index (χ0v) is 11.4. The van der Waals surface area contributed by atoms with Crippen LogP contribution in [-0.2, 0) is 22.6 Å². The van der Waals surface area contributed by atoms with Gasteiger partial charge in [-0.3, -0.25) is 4.79 Å². The lowest BCUT2D eigenvalue weighted by atomic mass is 10.1. The van der Waals surface area contributed by atoms with E-state index in [1.165, 1.54) is 11.1 Å².